The predicted molar refractivity (Wildman–Crippen MR) is 101 cm³/mol. The number of amides is 2. The first-order valence-corrected chi connectivity index (χ1v) is 9.36. The number of hydrogen-bond acceptors (Lipinski definition) is 4. The van der Waals surface area contributed by atoms with Crippen molar-refractivity contribution in [1.82, 2.24) is 10.9 Å². The molecule has 1 aromatic carbocycles. The fraction of sp³-hybridized carbons (Fsp3) is 0.368. The van der Waals surface area contributed by atoms with Crippen molar-refractivity contribution in [3.8, 4) is 0 Å². The van der Waals surface area contributed by atoms with E-state index < -0.39 is 11.7 Å². The molecule has 0 saturated heterocycles. The van der Waals surface area contributed by atoms with E-state index in [4.69, 9.17) is 0 Å². The van der Waals surface area contributed by atoms with Crippen LogP contribution in [-0.2, 0) is 12.8 Å². The van der Waals surface area contributed by atoms with E-state index in [0.29, 0.717) is 16.5 Å². The molecule has 2 N–H and O–H groups in total. The Kier molecular flexibility index (Phi) is 5.27. The van der Waals surface area contributed by atoms with Crippen LogP contribution in [0.3, 0.4) is 0 Å². The van der Waals surface area contributed by atoms with Gasteiger partial charge in [0.25, 0.3) is 11.8 Å². The molecular weight excluding hydrogens is 353 g/mol. The fourth-order valence-electron chi connectivity index (χ4n) is 3.08. The van der Waals surface area contributed by atoms with E-state index in [1.165, 1.54) is 33.9 Å². The zero-order valence-corrected chi connectivity index (χ0v) is 15.9. The maximum absolute atomic E-state index is 14.0. The molecule has 3 rings (SSSR count). The van der Waals surface area contributed by atoms with E-state index in [2.05, 4.69) is 17.8 Å². The minimum absolute atomic E-state index is 0.146. The maximum Gasteiger partial charge on any atom is 0.279 e. The Hall–Kier alpha value is -2.41. The number of hydrogen-bond donors (Lipinski definition) is 2. The summed E-state index contributed by atoms with van der Waals surface area (Å²) in [5.74, 6) is -0.768. The van der Waals surface area contributed by atoms with Gasteiger partial charge < -0.3 is 4.90 Å². The van der Waals surface area contributed by atoms with Crippen LogP contribution < -0.4 is 15.8 Å². The highest BCUT2D eigenvalue weighted by Gasteiger charge is 2.21. The number of nitrogens with one attached hydrogen (secondary N) is 2. The van der Waals surface area contributed by atoms with E-state index in [1.54, 1.807) is 19.0 Å². The Labute approximate surface area is 156 Å². The molecule has 1 aliphatic carbocycles. The van der Waals surface area contributed by atoms with Crippen LogP contribution in [0.1, 0.15) is 43.8 Å². The van der Waals surface area contributed by atoms with Crippen molar-refractivity contribution in [2.45, 2.75) is 26.2 Å². The molecule has 138 valence electrons. The number of nitrogens with zero attached hydrogens (tertiary/aromatic N) is 1. The van der Waals surface area contributed by atoms with Gasteiger partial charge in [0.15, 0.2) is 0 Å². The summed E-state index contributed by atoms with van der Waals surface area (Å²) in [7, 11) is 3.44. The molecule has 0 bridgehead atoms. The Balaban J connectivity index is 1.63. The van der Waals surface area contributed by atoms with Crippen LogP contribution in [0.5, 0.6) is 0 Å². The third-order valence-corrected chi connectivity index (χ3v) is 5.77. The van der Waals surface area contributed by atoms with Crippen LogP contribution in [-0.4, -0.2) is 25.9 Å². The number of anilines is 1. The second kappa shape index (κ2) is 7.45. The van der Waals surface area contributed by atoms with E-state index in [-0.39, 0.29) is 11.5 Å². The van der Waals surface area contributed by atoms with Crippen LogP contribution in [0.2, 0.25) is 0 Å². The summed E-state index contributed by atoms with van der Waals surface area (Å²) in [6.45, 7) is 2.21. The Morgan fingerprint density at radius 1 is 1.19 bits per heavy atom. The number of fused-ring (bicyclic) bond motifs is 1. The van der Waals surface area contributed by atoms with Crippen molar-refractivity contribution in [1.29, 1.82) is 0 Å². The molecule has 5 nitrogen and oxygen atoms in total. The van der Waals surface area contributed by atoms with Gasteiger partial charge >= 0.3 is 0 Å². The molecule has 26 heavy (non-hydrogen) atoms. The van der Waals surface area contributed by atoms with Crippen molar-refractivity contribution < 1.29 is 14.0 Å². The summed E-state index contributed by atoms with van der Waals surface area (Å²) in [6, 6.07) is 6.11. The Morgan fingerprint density at radius 3 is 2.62 bits per heavy atom. The lowest BCUT2D eigenvalue weighted by molar-refractivity contribution is 0.0848. The van der Waals surface area contributed by atoms with E-state index >= 15 is 0 Å². The van der Waals surface area contributed by atoms with Gasteiger partial charge in [-0.05, 0) is 55.0 Å². The minimum Gasteiger partial charge on any atom is -0.375 e. The average Bonchev–Trinajstić information content (AvgIpc) is 3.02. The summed E-state index contributed by atoms with van der Waals surface area (Å²) in [5, 5.41) is 0. The van der Waals surface area contributed by atoms with Crippen molar-refractivity contribution in [3.05, 3.63) is 51.0 Å². The SMILES string of the molecule is CC1CCc2sc(C(=O)NNC(=O)c3ccc(N(C)C)c(F)c3)cc2C1. The molecule has 0 saturated carbocycles. The zero-order chi connectivity index (χ0) is 18.8. The Morgan fingerprint density at radius 2 is 1.92 bits per heavy atom. The molecule has 2 aromatic rings. The lowest BCUT2D eigenvalue weighted by Gasteiger charge is -2.16. The molecule has 1 unspecified atom stereocenters. The largest absolute Gasteiger partial charge is 0.375 e. The van der Waals surface area contributed by atoms with Crippen molar-refractivity contribution >= 4 is 28.8 Å². The summed E-state index contributed by atoms with van der Waals surface area (Å²) in [6.07, 6.45) is 3.13. The second-order valence-corrected chi connectivity index (χ2v) is 8.01. The molecule has 2 amide bonds. The first-order chi connectivity index (χ1) is 12.3. The first-order valence-electron chi connectivity index (χ1n) is 8.54. The number of halogens is 1. The topological polar surface area (TPSA) is 61.4 Å². The van der Waals surface area contributed by atoms with Gasteiger partial charge in [-0.15, -0.1) is 11.3 Å². The number of carbonyl (C=O) groups is 2. The fourth-order valence-corrected chi connectivity index (χ4v) is 4.18. The zero-order valence-electron chi connectivity index (χ0n) is 15.1. The third-order valence-electron chi connectivity index (χ3n) is 4.53. The normalized spacial score (nSPS) is 15.9. The van der Waals surface area contributed by atoms with E-state index in [0.717, 1.165) is 25.3 Å². The lowest BCUT2D eigenvalue weighted by atomic mass is 9.90. The quantitative estimate of drug-likeness (QED) is 0.810. The monoisotopic (exact) mass is 375 g/mol. The van der Waals surface area contributed by atoms with Crippen LogP contribution in [0.25, 0.3) is 0 Å². The van der Waals surface area contributed by atoms with Gasteiger partial charge in [-0.1, -0.05) is 6.92 Å². The van der Waals surface area contributed by atoms with Gasteiger partial charge in [0.05, 0.1) is 10.6 Å². The smallest absolute Gasteiger partial charge is 0.279 e. The van der Waals surface area contributed by atoms with Crippen molar-refractivity contribution in [2.75, 3.05) is 19.0 Å². The summed E-state index contributed by atoms with van der Waals surface area (Å²) in [4.78, 5) is 27.9. The highest BCUT2D eigenvalue weighted by molar-refractivity contribution is 7.14. The summed E-state index contributed by atoms with van der Waals surface area (Å²) in [5.41, 5.74) is 6.53. The Bertz CT molecular complexity index is 847. The van der Waals surface area contributed by atoms with E-state index in [9.17, 15) is 14.0 Å². The van der Waals surface area contributed by atoms with Gasteiger partial charge in [0.1, 0.15) is 5.82 Å². The van der Waals surface area contributed by atoms with Crippen LogP contribution >= 0.6 is 11.3 Å². The van der Waals surface area contributed by atoms with Crippen LogP contribution in [0.4, 0.5) is 10.1 Å². The van der Waals surface area contributed by atoms with Gasteiger partial charge in [0.2, 0.25) is 0 Å². The van der Waals surface area contributed by atoms with E-state index in [1.807, 2.05) is 6.07 Å². The highest BCUT2D eigenvalue weighted by Crippen LogP contribution is 2.32. The summed E-state index contributed by atoms with van der Waals surface area (Å²) < 4.78 is 14.0. The molecule has 0 spiro atoms. The molecule has 1 heterocycles. The summed E-state index contributed by atoms with van der Waals surface area (Å²) >= 11 is 1.47. The molecule has 0 aliphatic heterocycles. The standard InChI is InChI=1S/C19H22FN3O2S/c1-11-4-7-16-13(8-11)10-17(26-16)19(25)22-21-18(24)12-5-6-15(23(2)3)14(20)9-12/h5-6,9-11H,4,7-8H2,1-3H3,(H,21,24)(H,22,25). The molecule has 1 aromatic heterocycles. The van der Waals surface area contributed by atoms with Gasteiger partial charge in [-0.25, -0.2) is 4.39 Å². The third kappa shape index (κ3) is 3.88. The molecule has 0 fully saturated rings. The molecule has 1 atom stereocenters. The number of thiophene rings is 1. The minimum atomic E-state index is -0.558. The highest BCUT2D eigenvalue weighted by atomic mass is 32.1. The van der Waals surface area contributed by atoms with Gasteiger partial charge in [-0.3, -0.25) is 20.4 Å². The van der Waals surface area contributed by atoms with Crippen molar-refractivity contribution in [2.24, 2.45) is 5.92 Å². The van der Waals surface area contributed by atoms with Gasteiger partial charge in [0, 0.05) is 24.5 Å². The average molecular weight is 375 g/mol. The number of carbonyl (C=O) groups excluding carboxylic acids is 2. The maximum atomic E-state index is 14.0. The van der Waals surface area contributed by atoms with Crippen LogP contribution in [0.15, 0.2) is 24.3 Å². The number of benzene rings is 1. The predicted octanol–water partition coefficient (Wildman–Crippen LogP) is 3.15. The molecule has 7 heteroatoms. The lowest BCUT2D eigenvalue weighted by Crippen LogP contribution is -2.41. The van der Waals surface area contributed by atoms with Gasteiger partial charge in [-0.2, -0.15) is 0 Å². The molecular formula is C19H22FN3O2S. The molecule has 1 aliphatic rings. The number of aryl methyl sites for hydroxylation is 1. The second-order valence-electron chi connectivity index (χ2n) is 6.88. The molecule has 0 radical (unpaired) electrons. The van der Waals surface area contributed by atoms with Crippen LogP contribution in [0, 0.1) is 11.7 Å². The number of hydrazine groups is 1. The number of rotatable bonds is 3. The first kappa shape index (κ1) is 18.4. The van der Waals surface area contributed by atoms with Crippen molar-refractivity contribution in [3.63, 3.8) is 0 Å².